The lowest BCUT2D eigenvalue weighted by Gasteiger charge is -2.13. The number of nitrogens with zero attached hydrogens (tertiary/aromatic N) is 1. The number of hydrogen-bond acceptors (Lipinski definition) is 4. The minimum atomic E-state index is -1.03. The summed E-state index contributed by atoms with van der Waals surface area (Å²) in [5.41, 5.74) is 0.103. The maximum Gasteiger partial charge on any atom is 0.336 e. The Bertz CT molecular complexity index is 373. The van der Waals surface area contributed by atoms with Crippen LogP contribution in [-0.4, -0.2) is 28.3 Å². The standard InChI is InChI=1S/C12H17NO4/c1-7(2)16-10-5-9(12(14)15)6-11(13-10)17-8(3)4/h5-8H,1-4H3,(H,14,15). The van der Waals surface area contributed by atoms with Gasteiger partial charge in [0.05, 0.1) is 17.8 Å². The highest BCUT2D eigenvalue weighted by Gasteiger charge is 2.12. The summed E-state index contributed by atoms with van der Waals surface area (Å²) in [4.78, 5) is 15.0. The Labute approximate surface area is 100 Å². The van der Waals surface area contributed by atoms with Crippen LogP contribution in [-0.2, 0) is 0 Å². The highest BCUT2D eigenvalue weighted by Crippen LogP contribution is 2.20. The number of rotatable bonds is 5. The molecule has 0 saturated heterocycles. The van der Waals surface area contributed by atoms with Crippen LogP contribution in [0.15, 0.2) is 12.1 Å². The number of pyridine rings is 1. The first-order chi connectivity index (χ1) is 7.88. The van der Waals surface area contributed by atoms with Crippen molar-refractivity contribution in [1.82, 2.24) is 4.98 Å². The van der Waals surface area contributed by atoms with Crippen molar-refractivity contribution >= 4 is 5.97 Å². The fraction of sp³-hybridized carbons (Fsp3) is 0.500. The molecule has 5 nitrogen and oxygen atoms in total. The molecule has 0 aliphatic heterocycles. The van der Waals surface area contributed by atoms with Crippen molar-refractivity contribution in [2.75, 3.05) is 0 Å². The van der Waals surface area contributed by atoms with Gasteiger partial charge in [0.2, 0.25) is 11.8 Å². The maximum absolute atomic E-state index is 10.9. The van der Waals surface area contributed by atoms with Crippen LogP contribution in [0.3, 0.4) is 0 Å². The molecule has 0 amide bonds. The minimum absolute atomic E-state index is 0.0709. The number of carboxylic acids is 1. The summed E-state index contributed by atoms with van der Waals surface area (Å²) in [7, 11) is 0. The molecular formula is C12H17NO4. The number of hydrogen-bond donors (Lipinski definition) is 1. The summed E-state index contributed by atoms with van der Waals surface area (Å²) in [5, 5.41) is 8.96. The van der Waals surface area contributed by atoms with Gasteiger partial charge in [0.1, 0.15) is 0 Å². The molecule has 0 aliphatic rings. The van der Waals surface area contributed by atoms with Crippen LogP contribution in [0, 0.1) is 0 Å². The van der Waals surface area contributed by atoms with Gasteiger partial charge in [-0.15, -0.1) is 0 Å². The molecule has 0 spiro atoms. The zero-order valence-electron chi connectivity index (χ0n) is 10.4. The molecule has 94 valence electrons. The van der Waals surface area contributed by atoms with Gasteiger partial charge in [0, 0.05) is 12.1 Å². The summed E-state index contributed by atoms with van der Waals surface area (Å²) < 4.78 is 10.7. The normalized spacial score (nSPS) is 10.7. The molecule has 0 fully saturated rings. The van der Waals surface area contributed by atoms with Gasteiger partial charge in [-0.3, -0.25) is 0 Å². The van der Waals surface area contributed by atoms with Crippen molar-refractivity contribution in [3.8, 4) is 11.8 Å². The molecule has 1 aromatic heterocycles. The lowest BCUT2D eigenvalue weighted by molar-refractivity contribution is 0.0694. The van der Waals surface area contributed by atoms with E-state index in [1.807, 2.05) is 27.7 Å². The molecule has 0 bridgehead atoms. The van der Waals surface area contributed by atoms with Crippen LogP contribution in [0.4, 0.5) is 0 Å². The number of carboxylic acid groups (broad SMARTS) is 1. The highest BCUT2D eigenvalue weighted by atomic mass is 16.5. The van der Waals surface area contributed by atoms with Crippen LogP contribution < -0.4 is 9.47 Å². The molecule has 0 atom stereocenters. The van der Waals surface area contributed by atoms with Crippen LogP contribution in [0.1, 0.15) is 38.1 Å². The van der Waals surface area contributed by atoms with Crippen LogP contribution in [0.25, 0.3) is 0 Å². The van der Waals surface area contributed by atoms with E-state index in [1.165, 1.54) is 12.1 Å². The largest absolute Gasteiger partial charge is 0.478 e. The average molecular weight is 239 g/mol. The summed E-state index contributed by atoms with van der Waals surface area (Å²) >= 11 is 0. The number of ether oxygens (including phenoxy) is 2. The first-order valence-corrected chi connectivity index (χ1v) is 5.47. The fourth-order valence-electron chi connectivity index (χ4n) is 1.21. The van der Waals surface area contributed by atoms with E-state index in [9.17, 15) is 4.79 Å². The number of aromatic nitrogens is 1. The Morgan fingerprint density at radius 1 is 1.12 bits per heavy atom. The monoisotopic (exact) mass is 239 g/mol. The smallest absolute Gasteiger partial charge is 0.336 e. The molecular weight excluding hydrogens is 222 g/mol. The van der Waals surface area contributed by atoms with Crippen molar-refractivity contribution in [2.24, 2.45) is 0 Å². The van der Waals surface area contributed by atoms with Gasteiger partial charge in [-0.05, 0) is 27.7 Å². The molecule has 0 aliphatic carbocycles. The van der Waals surface area contributed by atoms with Gasteiger partial charge in [0.15, 0.2) is 0 Å². The van der Waals surface area contributed by atoms with Crippen molar-refractivity contribution in [2.45, 2.75) is 39.9 Å². The van der Waals surface area contributed by atoms with Gasteiger partial charge in [0.25, 0.3) is 0 Å². The Hall–Kier alpha value is -1.78. The molecule has 1 heterocycles. The van der Waals surface area contributed by atoms with Crippen molar-refractivity contribution in [1.29, 1.82) is 0 Å². The van der Waals surface area contributed by atoms with Gasteiger partial charge in [-0.2, -0.15) is 4.98 Å². The molecule has 0 aromatic carbocycles. The summed E-state index contributed by atoms with van der Waals surface area (Å²) in [5.74, 6) is -0.513. The zero-order valence-corrected chi connectivity index (χ0v) is 10.4. The lowest BCUT2D eigenvalue weighted by atomic mass is 10.2. The topological polar surface area (TPSA) is 68.7 Å². The summed E-state index contributed by atoms with van der Waals surface area (Å²) in [6.45, 7) is 7.38. The third-order valence-electron chi connectivity index (χ3n) is 1.74. The van der Waals surface area contributed by atoms with Crippen molar-refractivity contribution in [3.63, 3.8) is 0 Å². The van der Waals surface area contributed by atoms with Crippen LogP contribution in [0.2, 0.25) is 0 Å². The van der Waals surface area contributed by atoms with E-state index in [-0.39, 0.29) is 29.5 Å². The fourth-order valence-corrected chi connectivity index (χ4v) is 1.21. The molecule has 5 heteroatoms. The average Bonchev–Trinajstić information content (AvgIpc) is 2.14. The van der Waals surface area contributed by atoms with E-state index in [2.05, 4.69) is 4.98 Å². The highest BCUT2D eigenvalue weighted by molar-refractivity contribution is 5.88. The number of aromatic carboxylic acids is 1. The van der Waals surface area contributed by atoms with E-state index in [0.717, 1.165) is 0 Å². The van der Waals surface area contributed by atoms with Crippen LogP contribution in [0.5, 0.6) is 11.8 Å². The minimum Gasteiger partial charge on any atom is -0.478 e. The van der Waals surface area contributed by atoms with Gasteiger partial charge >= 0.3 is 5.97 Å². The van der Waals surface area contributed by atoms with Crippen LogP contribution >= 0.6 is 0 Å². The second-order valence-corrected chi connectivity index (χ2v) is 4.17. The second kappa shape index (κ2) is 5.52. The Morgan fingerprint density at radius 2 is 1.53 bits per heavy atom. The van der Waals surface area contributed by atoms with Crippen molar-refractivity contribution < 1.29 is 19.4 Å². The number of carbonyl (C=O) groups is 1. The van der Waals surface area contributed by atoms with E-state index in [0.29, 0.717) is 0 Å². The maximum atomic E-state index is 10.9. The van der Waals surface area contributed by atoms with E-state index < -0.39 is 5.97 Å². The molecule has 1 rings (SSSR count). The second-order valence-electron chi connectivity index (χ2n) is 4.17. The van der Waals surface area contributed by atoms with E-state index in [4.69, 9.17) is 14.6 Å². The molecule has 0 saturated carbocycles. The first-order valence-electron chi connectivity index (χ1n) is 5.47. The molecule has 0 radical (unpaired) electrons. The van der Waals surface area contributed by atoms with Crippen molar-refractivity contribution in [3.05, 3.63) is 17.7 Å². The Kier molecular flexibility index (Phi) is 4.31. The van der Waals surface area contributed by atoms with Gasteiger partial charge < -0.3 is 14.6 Å². The molecule has 0 unspecified atom stereocenters. The first kappa shape index (κ1) is 13.3. The Morgan fingerprint density at radius 3 is 1.82 bits per heavy atom. The molecule has 1 N–H and O–H groups in total. The third kappa shape index (κ3) is 4.30. The third-order valence-corrected chi connectivity index (χ3v) is 1.74. The SMILES string of the molecule is CC(C)Oc1cc(C(=O)O)cc(OC(C)C)n1. The van der Waals surface area contributed by atoms with Gasteiger partial charge in [-0.1, -0.05) is 0 Å². The zero-order chi connectivity index (χ0) is 13.0. The molecule has 1 aromatic rings. The predicted octanol–water partition coefficient (Wildman–Crippen LogP) is 2.35. The predicted molar refractivity (Wildman–Crippen MR) is 62.7 cm³/mol. The summed E-state index contributed by atoms with van der Waals surface area (Å²) in [6, 6.07) is 2.77. The van der Waals surface area contributed by atoms with Gasteiger partial charge in [-0.25, -0.2) is 4.79 Å². The quantitative estimate of drug-likeness (QED) is 0.854. The summed E-state index contributed by atoms with van der Waals surface area (Å²) in [6.07, 6.45) is -0.142. The lowest BCUT2D eigenvalue weighted by Crippen LogP contribution is -2.11. The molecule has 17 heavy (non-hydrogen) atoms. The van der Waals surface area contributed by atoms with E-state index in [1.54, 1.807) is 0 Å². The van der Waals surface area contributed by atoms with E-state index >= 15 is 0 Å². The Balaban J connectivity index is 3.04.